The molecule has 0 aliphatic rings. The fourth-order valence-corrected chi connectivity index (χ4v) is 2.53. The van der Waals surface area contributed by atoms with E-state index < -0.39 is 0 Å². The Balaban J connectivity index is 2.51. The smallest absolute Gasteiger partial charge is 0.203 e. The van der Waals surface area contributed by atoms with Gasteiger partial charge in [-0.25, -0.2) is 4.98 Å². The van der Waals surface area contributed by atoms with Crippen LogP contribution in [0.15, 0.2) is 17.5 Å². The van der Waals surface area contributed by atoms with Gasteiger partial charge in [0.05, 0.1) is 25.5 Å². The van der Waals surface area contributed by atoms with Crippen LogP contribution in [0.5, 0.6) is 17.2 Å². The lowest BCUT2D eigenvalue weighted by atomic mass is 10.1. The Morgan fingerprint density at radius 2 is 1.57 bits per heavy atom. The lowest BCUT2D eigenvalue weighted by Gasteiger charge is -2.16. The molecule has 0 spiro atoms. The zero-order chi connectivity index (χ0) is 15.2. The molecule has 1 aromatic carbocycles. The number of nitrogen functional groups attached to an aromatic ring is 1. The van der Waals surface area contributed by atoms with Gasteiger partial charge in [0.1, 0.15) is 0 Å². The molecular formula is C15H20N2O3S. The first kappa shape index (κ1) is 15.4. The summed E-state index contributed by atoms with van der Waals surface area (Å²) in [6, 6.07) is 3.82. The SMILES string of the molecule is CCOc1cc(-c2csc(N)n2)cc(OCC)c1OCC. The minimum atomic E-state index is 0.537. The third-order valence-corrected chi connectivity index (χ3v) is 3.40. The number of aromatic nitrogens is 1. The molecule has 6 heteroatoms. The third kappa shape index (κ3) is 3.58. The Labute approximate surface area is 128 Å². The van der Waals surface area contributed by atoms with Crippen molar-refractivity contribution >= 4 is 16.5 Å². The molecule has 114 valence electrons. The van der Waals surface area contributed by atoms with Gasteiger partial charge in [-0.3, -0.25) is 0 Å². The van der Waals surface area contributed by atoms with E-state index in [1.54, 1.807) is 0 Å². The third-order valence-electron chi connectivity index (χ3n) is 2.73. The van der Waals surface area contributed by atoms with Gasteiger partial charge in [0, 0.05) is 10.9 Å². The lowest BCUT2D eigenvalue weighted by molar-refractivity contribution is 0.261. The summed E-state index contributed by atoms with van der Waals surface area (Å²) in [6.45, 7) is 7.44. The number of hydrogen-bond donors (Lipinski definition) is 1. The first-order valence-corrected chi connectivity index (χ1v) is 7.85. The lowest BCUT2D eigenvalue weighted by Crippen LogP contribution is -2.03. The highest BCUT2D eigenvalue weighted by Crippen LogP contribution is 2.42. The van der Waals surface area contributed by atoms with Gasteiger partial charge in [-0.1, -0.05) is 0 Å². The second-order valence-electron chi connectivity index (χ2n) is 4.17. The van der Waals surface area contributed by atoms with Gasteiger partial charge in [0.2, 0.25) is 5.75 Å². The summed E-state index contributed by atoms with van der Waals surface area (Å²) in [5.74, 6) is 1.95. The van der Waals surface area contributed by atoms with Crippen molar-refractivity contribution in [3.8, 4) is 28.5 Å². The van der Waals surface area contributed by atoms with E-state index in [1.165, 1.54) is 11.3 Å². The first-order valence-electron chi connectivity index (χ1n) is 6.97. The summed E-state index contributed by atoms with van der Waals surface area (Å²) in [6.07, 6.45) is 0. The van der Waals surface area contributed by atoms with E-state index in [9.17, 15) is 0 Å². The Hall–Kier alpha value is -1.95. The zero-order valence-corrected chi connectivity index (χ0v) is 13.3. The molecule has 1 heterocycles. The van der Waals surface area contributed by atoms with Gasteiger partial charge >= 0.3 is 0 Å². The van der Waals surface area contributed by atoms with Crippen molar-refractivity contribution in [1.82, 2.24) is 4.98 Å². The second-order valence-corrected chi connectivity index (χ2v) is 5.06. The quantitative estimate of drug-likeness (QED) is 0.846. The van der Waals surface area contributed by atoms with E-state index in [-0.39, 0.29) is 0 Å². The predicted molar refractivity (Wildman–Crippen MR) is 85.5 cm³/mol. The van der Waals surface area contributed by atoms with Gasteiger partial charge < -0.3 is 19.9 Å². The summed E-state index contributed by atoms with van der Waals surface area (Å²) >= 11 is 1.41. The highest BCUT2D eigenvalue weighted by atomic mass is 32.1. The molecule has 0 saturated heterocycles. The fourth-order valence-electron chi connectivity index (χ4n) is 1.96. The van der Waals surface area contributed by atoms with Crippen molar-refractivity contribution in [3.05, 3.63) is 17.5 Å². The maximum absolute atomic E-state index is 5.71. The van der Waals surface area contributed by atoms with Crippen LogP contribution in [-0.2, 0) is 0 Å². The number of nitrogens with zero attached hydrogens (tertiary/aromatic N) is 1. The summed E-state index contributed by atoms with van der Waals surface area (Å²) in [5.41, 5.74) is 7.42. The molecule has 0 fully saturated rings. The van der Waals surface area contributed by atoms with E-state index >= 15 is 0 Å². The monoisotopic (exact) mass is 308 g/mol. The molecule has 0 unspecified atom stereocenters. The molecule has 0 atom stereocenters. The molecule has 0 amide bonds. The number of hydrogen-bond acceptors (Lipinski definition) is 6. The molecule has 2 aromatic rings. The van der Waals surface area contributed by atoms with Gasteiger partial charge in [-0.05, 0) is 32.9 Å². The normalized spacial score (nSPS) is 10.4. The number of anilines is 1. The predicted octanol–water partition coefficient (Wildman–Crippen LogP) is 3.59. The van der Waals surface area contributed by atoms with Crippen LogP contribution < -0.4 is 19.9 Å². The van der Waals surface area contributed by atoms with E-state index in [4.69, 9.17) is 19.9 Å². The average molecular weight is 308 g/mol. The van der Waals surface area contributed by atoms with Crippen LogP contribution in [0.2, 0.25) is 0 Å². The van der Waals surface area contributed by atoms with Crippen LogP contribution in [0.4, 0.5) is 5.13 Å². The van der Waals surface area contributed by atoms with Gasteiger partial charge in [-0.2, -0.15) is 0 Å². The van der Waals surface area contributed by atoms with Crippen molar-refractivity contribution in [2.45, 2.75) is 20.8 Å². The van der Waals surface area contributed by atoms with Gasteiger partial charge in [0.15, 0.2) is 16.6 Å². The number of nitrogens with two attached hydrogens (primary N) is 1. The molecule has 0 radical (unpaired) electrons. The highest BCUT2D eigenvalue weighted by molar-refractivity contribution is 7.13. The van der Waals surface area contributed by atoms with E-state index in [2.05, 4.69) is 4.98 Å². The van der Waals surface area contributed by atoms with Crippen LogP contribution >= 0.6 is 11.3 Å². The van der Waals surface area contributed by atoms with Crippen LogP contribution in [0, 0.1) is 0 Å². The topological polar surface area (TPSA) is 66.6 Å². The molecule has 0 bridgehead atoms. The molecule has 21 heavy (non-hydrogen) atoms. The molecule has 2 rings (SSSR count). The summed E-state index contributed by atoms with van der Waals surface area (Å²) in [5, 5.41) is 2.45. The summed E-state index contributed by atoms with van der Waals surface area (Å²) in [7, 11) is 0. The first-order chi connectivity index (χ1) is 10.2. The van der Waals surface area contributed by atoms with Gasteiger partial charge in [-0.15, -0.1) is 11.3 Å². The number of benzene rings is 1. The molecule has 2 N–H and O–H groups in total. The number of thiazole rings is 1. The standard InChI is InChI=1S/C15H20N2O3S/c1-4-18-12-7-10(11-9-21-15(16)17-11)8-13(19-5-2)14(12)20-6-3/h7-9H,4-6H2,1-3H3,(H2,16,17). The van der Waals surface area contributed by atoms with Crippen LogP contribution in [0.3, 0.4) is 0 Å². The highest BCUT2D eigenvalue weighted by Gasteiger charge is 2.16. The minimum Gasteiger partial charge on any atom is -0.490 e. The van der Waals surface area contributed by atoms with Crippen LogP contribution in [0.25, 0.3) is 11.3 Å². The van der Waals surface area contributed by atoms with Crippen molar-refractivity contribution in [3.63, 3.8) is 0 Å². The van der Waals surface area contributed by atoms with Gasteiger partial charge in [0.25, 0.3) is 0 Å². The second kappa shape index (κ2) is 7.17. The van der Waals surface area contributed by atoms with Crippen molar-refractivity contribution < 1.29 is 14.2 Å². The summed E-state index contributed by atoms with van der Waals surface area (Å²) < 4.78 is 17.0. The Bertz CT molecular complexity index is 571. The molecular weight excluding hydrogens is 288 g/mol. The maximum Gasteiger partial charge on any atom is 0.203 e. The number of rotatable bonds is 7. The van der Waals surface area contributed by atoms with E-state index in [1.807, 2.05) is 38.3 Å². The number of ether oxygens (including phenoxy) is 3. The zero-order valence-electron chi connectivity index (χ0n) is 12.5. The molecule has 1 aromatic heterocycles. The Kier molecular flexibility index (Phi) is 5.27. The molecule has 5 nitrogen and oxygen atoms in total. The fraction of sp³-hybridized carbons (Fsp3) is 0.400. The minimum absolute atomic E-state index is 0.537. The molecule has 0 saturated carbocycles. The van der Waals surface area contributed by atoms with E-state index in [0.717, 1.165) is 11.3 Å². The van der Waals surface area contributed by atoms with Crippen LogP contribution in [0.1, 0.15) is 20.8 Å². The Morgan fingerprint density at radius 1 is 1.00 bits per heavy atom. The molecule has 0 aliphatic carbocycles. The maximum atomic E-state index is 5.71. The van der Waals surface area contributed by atoms with Crippen molar-refractivity contribution in [2.24, 2.45) is 0 Å². The van der Waals surface area contributed by atoms with Crippen molar-refractivity contribution in [1.29, 1.82) is 0 Å². The average Bonchev–Trinajstić information content (AvgIpc) is 2.89. The van der Waals surface area contributed by atoms with E-state index in [0.29, 0.717) is 42.2 Å². The summed E-state index contributed by atoms with van der Waals surface area (Å²) in [4.78, 5) is 4.30. The molecule has 0 aliphatic heterocycles. The van der Waals surface area contributed by atoms with Crippen LogP contribution in [-0.4, -0.2) is 24.8 Å². The largest absolute Gasteiger partial charge is 0.490 e. The Morgan fingerprint density at radius 3 is 2.00 bits per heavy atom. The van der Waals surface area contributed by atoms with Crippen molar-refractivity contribution in [2.75, 3.05) is 25.6 Å².